The van der Waals surface area contributed by atoms with Crippen molar-refractivity contribution in [3.8, 4) is 5.75 Å². The minimum Gasteiger partial charge on any atom is -0.492 e. The van der Waals surface area contributed by atoms with Crippen LogP contribution in [0.3, 0.4) is 0 Å². The second-order valence-electron chi connectivity index (χ2n) is 4.64. The molecule has 0 radical (unpaired) electrons. The van der Waals surface area contributed by atoms with Crippen molar-refractivity contribution in [1.29, 1.82) is 0 Å². The Bertz CT molecular complexity index is 588. The topological polar surface area (TPSA) is 85.1 Å². The van der Waals surface area contributed by atoms with Gasteiger partial charge in [0.25, 0.3) is 0 Å². The van der Waals surface area contributed by atoms with Crippen molar-refractivity contribution in [2.24, 2.45) is 5.84 Å². The highest BCUT2D eigenvalue weighted by atomic mass is 16.5. The first-order chi connectivity index (χ1) is 10.2. The van der Waals surface area contributed by atoms with Crippen LogP contribution in [0.25, 0.3) is 0 Å². The summed E-state index contributed by atoms with van der Waals surface area (Å²) in [4.78, 5) is 8.34. The predicted molar refractivity (Wildman–Crippen MR) is 84.4 cm³/mol. The van der Waals surface area contributed by atoms with Gasteiger partial charge in [0.1, 0.15) is 30.3 Å². The van der Waals surface area contributed by atoms with Crippen molar-refractivity contribution in [3.05, 3.63) is 41.7 Å². The Morgan fingerprint density at radius 2 is 2.05 bits per heavy atom. The Balaban J connectivity index is 1.89. The van der Waals surface area contributed by atoms with E-state index in [0.717, 1.165) is 23.6 Å². The molecule has 0 bridgehead atoms. The molecule has 1 heterocycles. The Hall–Kier alpha value is -2.34. The number of hydrogen-bond donors (Lipinski definition) is 3. The monoisotopic (exact) mass is 287 g/mol. The van der Waals surface area contributed by atoms with Gasteiger partial charge in [-0.3, -0.25) is 0 Å². The number of ether oxygens (including phenoxy) is 1. The summed E-state index contributed by atoms with van der Waals surface area (Å²) >= 11 is 0. The van der Waals surface area contributed by atoms with Gasteiger partial charge in [0.2, 0.25) is 0 Å². The largest absolute Gasteiger partial charge is 0.492 e. The zero-order chi connectivity index (χ0) is 15.1. The van der Waals surface area contributed by atoms with Gasteiger partial charge < -0.3 is 15.5 Å². The molecule has 2 rings (SSSR count). The fourth-order valence-corrected chi connectivity index (χ4v) is 2.07. The number of hydrazine groups is 1. The van der Waals surface area contributed by atoms with Gasteiger partial charge in [-0.05, 0) is 31.0 Å². The van der Waals surface area contributed by atoms with Crippen LogP contribution < -0.4 is 21.3 Å². The second-order valence-corrected chi connectivity index (χ2v) is 4.64. The third-order valence-electron chi connectivity index (χ3n) is 3.09. The highest BCUT2D eigenvalue weighted by Gasteiger charge is 2.08. The van der Waals surface area contributed by atoms with Gasteiger partial charge in [0, 0.05) is 5.56 Å². The molecule has 0 aliphatic carbocycles. The molecule has 21 heavy (non-hydrogen) atoms. The lowest BCUT2D eigenvalue weighted by Crippen LogP contribution is -2.17. The molecule has 0 atom stereocenters. The summed E-state index contributed by atoms with van der Waals surface area (Å²) in [6, 6.07) is 7.99. The number of aromatic nitrogens is 2. The van der Waals surface area contributed by atoms with Crippen LogP contribution in [0, 0.1) is 6.92 Å². The van der Waals surface area contributed by atoms with E-state index in [1.165, 1.54) is 11.9 Å². The SMILES string of the molecule is CCc1c(NN)ncnc1NCCOc1cccc(C)c1. The van der Waals surface area contributed by atoms with E-state index < -0.39 is 0 Å². The van der Waals surface area contributed by atoms with Crippen molar-refractivity contribution < 1.29 is 4.74 Å². The van der Waals surface area contributed by atoms with E-state index >= 15 is 0 Å². The van der Waals surface area contributed by atoms with Crippen molar-refractivity contribution in [2.45, 2.75) is 20.3 Å². The average Bonchev–Trinajstić information content (AvgIpc) is 2.51. The quantitative estimate of drug-likeness (QED) is 0.411. The first kappa shape index (κ1) is 15.1. The molecule has 112 valence electrons. The molecule has 2 aromatic rings. The van der Waals surface area contributed by atoms with Gasteiger partial charge in [0.05, 0.1) is 6.54 Å². The zero-order valence-electron chi connectivity index (χ0n) is 12.4. The van der Waals surface area contributed by atoms with Crippen molar-refractivity contribution in [3.63, 3.8) is 0 Å². The maximum absolute atomic E-state index is 5.69. The van der Waals surface area contributed by atoms with E-state index in [0.29, 0.717) is 19.0 Å². The molecule has 0 saturated carbocycles. The smallest absolute Gasteiger partial charge is 0.148 e. The summed E-state index contributed by atoms with van der Waals surface area (Å²) in [5.41, 5.74) is 4.74. The molecular formula is C15H21N5O. The molecule has 6 heteroatoms. The van der Waals surface area contributed by atoms with Crippen LogP contribution in [0.5, 0.6) is 5.75 Å². The van der Waals surface area contributed by atoms with Crippen LogP contribution in [0.2, 0.25) is 0 Å². The lowest BCUT2D eigenvalue weighted by Gasteiger charge is -2.13. The van der Waals surface area contributed by atoms with E-state index in [9.17, 15) is 0 Å². The number of hydrogen-bond acceptors (Lipinski definition) is 6. The maximum atomic E-state index is 5.69. The fourth-order valence-electron chi connectivity index (χ4n) is 2.07. The molecule has 0 aliphatic heterocycles. The third kappa shape index (κ3) is 4.06. The molecular weight excluding hydrogens is 266 g/mol. The van der Waals surface area contributed by atoms with Gasteiger partial charge in [-0.25, -0.2) is 15.8 Å². The maximum Gasteiger partial charge on any atom is 0.148 e. The van der Waals surface area contributed by atoms with Crippen molar-refractivity contribution in [1.82, 2.24) is 9.97 Å². The van der Waals surface area contributed by atoms with Crippen molar-refractivity contribution >= 4 is 11.6 Å². The Labute approximate surface area is 124 Å². The number of nitrogens with one attached hydrogen (secondary N) is 2. The van der Waals surface area contributed by atoms with E-state index in [1.807, 2.05) is 38.1 Å². The number of nitrogens with zero attached hydrogens (tertiary/aromatic N) is 2. The molecule has 0 aliphatic rings. The minimum atomic E-state index is 0.558. The molecule has 0 amide bonds. The second kappa shape index (κ2) is 7.44. The van der Waals surface area contributed by atoms with Gasteiger partial charge in [-0.2, -0.15) is 0 Å². The van der Waals surface area contributed by atoms with Gasteiger partial charge in [-0.15, -0.1) is 0 Å². The van der Waals surface area contributed by atoms with Crippen LogP contribution in [0.15, 0.2) is 30.6 Å². The number of nitrogens with two attached hydrogens (primary N) is 1. The summed E-state index contributed by atoms with van der Waals surface area (Å²) in [7, 11) is 0. The number of anilines is 2. The third-order valence-corrected chi connectivity index (χ3v) is 3.09. The Morgan fingerprint density at radius 1 is 1.24 bits per heavy atom. The molecule has 0 saturated heterocycles. The molecule has 4 N–H and O–H groups in total. The molecule has 1 aromatic heterocycles. The van der Waals surface area contributed by atoms with E-state index in [1.54, 1.807) is 0 Å². The van der Waals surface area contributed by atoms with E-state index in [-0.39, 0.29) is 0 Å². The van der Waals surface area contributed by atoms with Gasteiger partial charge in [0.15, 0.2) is 0 Å². The minimum absolute atomic E-state index is 0.558. The molecule has 0 unspecified atom stereocenters. The van der Waals surface area contributed by atoms with Gasteiger partial charge >= 0.3 is 0 Å². The summed E-state index contributed by atoms with van der Waals surface area (Å²) in [5, 5.41) is 3.25. The van der Waals surface area contributed by atoms with Crippen LogP contribution in [0.4, 0.5) is 11.6 Å². The first-order valence-corrected chi connectivity index (χ1v) is 6.98. The summed E-state index contributed by atoms with van der Waals surface area (Å²) in [6.07, 6.45) is 2.28. The summed E-state index contributed by atoms with van der Waals surface area (Å²) in [5.74, 6) is 7.76. The van der Waals surface area contributed by atoms with E-state index in [4.69, 9.17) is 10.6 Å². The number of rotatable bonds is 7. The van der Waals surface area contributed by atoms with Crippen LogP contribution in [-0.2, 0) is 6.42 Å². The fraction of sp³-hybridized carbons (Fsp3) is 0.333. The number of benzene rings is 1. The van der Waals surface area contributed by atoms with Crippen LogP contribution in [0.1, 0.15) is 18.1 Å². The summed E-state index contributed by atoms with van der Waals surface area (Å²) < 4.78 is 5.69. The lowest BCUT2D eigenvalue weighted by molar-refractivity contribution is 0.332. The molecule has 0 fully saturated rings. The lowest BCUT2D eigenvalue weighted by atomic mass is 10.2. The first-order valence-electron chi connectivity index (χ1n) is 6.98. The molecule has 6 nitrogen and oxygen atoms in total. The van der Waals surface area contributed by atoms with Crippen LogP contribution in [-0.4, -0.2) is 23.1 Å². The average molecular weight is 287 g/mol. The zero-order valence-corrected chi connectivity index (χ0v) is 12.4. The Kier molecular flexibility index (Phi) is 5.34. The highest BCUT2D eigenvalue weighted by molar-refractivity contribution is 5.56. The summed E-state index contributed by atoms with van der Waals surface area (Å²) in [6.45, 7) is 5.29. The molecule has 1 aromatic carbocycles. The van der Waals surface area contributed by atoms with Gasteiger partial charge in [-0.1, -0.05) is 19.1 Å². The van der Waals surface area contributed by atoms with Crippen LogP contribution >= 0.6 is 0 Å². The standard InChI is InChI=1S/C15H21N5O/c1-3-13-14(18-10-19-15(13)20-16)17-7-8-21-12-6-4-5-11(2)9-12/h4-6,9-10H,3,7-8,16H2,1-2H3,(H2,17,18,19,20). The number of nitrogen functional groups attached to an aromatic ring is 1. The highest BCUT2D eigenvalue weighted by Crippen LogP contribution is 2.19. The Morgan fingerprint density at radius 3 is 2.76 bits per heavy atom. The number of aryl methyl sites for hydroxylation is 1. The normalized spacial score (nSPS) is 10.2. The predicted octanol–water partition coefficient (Wildman–Crippen LogP) is 2.12. The van der Waals surface area contributed by atoms with E-state index in [2.05, 4.69) is 20.7 Å². The van der Waals surface area contributed by atoms with Crippen molar-refractivity contribution in [2.75, 3.05) is 23.9 Å². The molecule has 0 spiro atoms.